The molecule has 1 unspecified atom stereocenters. The molecule has 1 aliphatic heterocycles. The summed E-state index contributed by atoms with van der Waals surface area (Å²) in [4.78, 5) is 19.8. The molecule has 1 amide bonds. The van der Waals surface area contributed by atoms with Crippen LogP contribution in [0.5, 0.6) is 0 Å². The number of pyridine rings is 2. The second-order valence-electron chi connectivity index (χ2n) is 7.10. The van der Waals surface area contributed by atoms with Crippen molar-refractivity contribution in [2.24, 2.45) is 5.73 Å². The fourth-order valence-electron chi connectivity index (χ4n) is 3.74. The van der Waals surface area contributed by atoms with E-state index in [4.69, 9.17) is 20.2 Å². The van der Waals surface area contributed by atoms with Gasteiger partial charge in [-0.15, -0.1) is 0 Å². The van der Waals surface area contributed by atoms with Crippen molar-refractivity contribution >= 4 is 6.09 Å². The van der Waals surface area contributed by atoms with Crippen LogP contribution in [0, 0.1) is 0 Å². The minimum atomic E-state index is -0.783. The minimum absolute atomic E-state index is 0.0441. The van der Waals surface area contributed by atoms with Gasteiger partial charge in [0.1, 0.15) is 12.7 Å². The lowest BCUT2D eigenvalue weighted by atomic mass is 9.70. The Labute approximate surface area is 158 Å². The maximum absolute atomic E-state index is 10.8. The smallest absolute Gasteiger partial charge is 0.404 e. The standard InChI is InChI=1S/C20H24N4O3/c21-20(25)27-12-16-10-13(4-5-23-16)14-8-15(9-14)17-2-1-3-18(24-17)19-11-22-6-7-26-19/h1-5,10,14-15,19,22H,6-9,11-12H2,(H2,21,25). The highest BCUT2D eigenvalue weighted by Gasteiger charge is 2.33. The minimum Gasteiger partial charge on any atom is -0.443 e. The van der Waals surface area contributed by atoms with Gasteiger partial charge in [-0.3, -0.25) is 9.97 Å². The lowest BCUT2D eigenvalue weighted by Gasteiger charge is -2.36. The largest absolute Gasteiger partial charge is 0.443 e. The third kappa shape index (κ3) is 4.26. The van der Waals surface area contributed by atoms with E-state index in [1.165, 1.54) is 5.56 Å². The molecule has 7 nitrogen and oxygen atoms in total. The van der Waals surface area contributed by atoms with Gasteiger partial charge in [-0.2, -0.15) is 0 Å². The number of ether oxygens (including phenoxy) is 2. The van der Waals surface area contributed by atoms with Gasteiger partial charge in [0, 0.05) is 30.9 Å². The molecule has 0 spiro atoms. The Morgan fingerprint density at radius 1 is 1.26 bits per heavy atom. The van der Waals surface area contributed by atoms with Crippen LogP contribution in [0.1, 0.15) is 53.4 Å². The number of nitrogens with one attached hydrogen (secondary N) is 1. The number of aromatic nitrogens is 2. The third-order valence-corrected chi connectivity index (χ3v) is 5.28. The number of hydrogen-bond acceptors (Lipinski definition) is 6. The number of amides is 1. The Kier molecular flexibility index (Phi) is 5.31. The van der Waals surface area contributed by atoms with Gasteiger partial charge in [0.2, 0.25) is 0 Å². The Morgan fingerprint density at radius 2 is 2.11 bits per heavy atom. The molecule has 0 aromatic carbocycles. The molecule has 1 saturated carbocycles. The first-order valence-electron chi connectivity index (χ1n) is 9.35. The Bertz CT molecular complexity index is 801. The van der Waals surface area contributed by atoms with E-state index in [1.54, 1.807) is 6.20 Å². The van der Waals surface area contributed by atoms with Crippen molar-refractivity contribution in [3.05, 3.63) is 59.2 Å². The fourth-order valence-corrected chi connectivity index (χ4v) is 3.74. The van der Waals surface area contributed by atoms with Crippen LogP contribution >= 0.6 is 0 Å². The lowest BCUT2D eigenvalue weighted by molar-refractivity contribution is 0.0248. The van der Waals surface area contributed by atoms with Gasteiger partial charge >= 0.3 is 6.09 Å². The molecule has 3 heterocycles. The molecule has 27 heavy (non-hydrogen) atoms. The summed E-state index contributed by atoms with van der Waals surface area (Å²) in [5.74, 6) is 0.938. The van der Waals surface area contributed by atoms with Gasteiger partial charge < -0.3 is 20.5 Å². The van der Waals surface area contributed by atoms with Crippen LogP contribution in [0.2, 0.25) is 0 Å². The summed E-state index contributed by atoms with van der Waals surface area (Å²) in [7, 11) is 0. The van der Waals surface area contributed by atoms with Gasteiger partial charge in [-0.1, -0.05) is 6.07 Å². The quantitative estimate of drug-likeness (QED) is 0.841. The fraction of sp³-hybridized carbons (Fsp3) is 0.450. The van der Waals surface area contributed by atoms with Crippen molar-refractivity contribution in [2.75, 3.05) is 19.7 Å². The number of carbonyl (C=O) groups excluding carboxylic acids is 1. The molecule has 3 N–H and O–H groups in total. The summed E-state index contributed by atoms with van der Waals surface area (Å²) >= 11 is 0. The Balaban J connectivity index is 1.38. The first kappa shape index (κ1) is 17.9. The molecule has 142 valence electrons. The van der Waals surface area contributed by atoms with Crippen molar-refractivity contribution in [3.63, 3.8) is 0 Å². The van der Waals surface area contributed by atoms with Crippen LogP contribution in [-0.2, 0) is 16.1 Å². The molecule has 0 radical (unpaired) electrons. The van der Waals surface area contributed by atoms with E-state index in [0.717, 1.165) is 49.6 Å². The molecule has 1 saturated heterocycles. The van der Waals surface area contributed by atoms with Crippen LogP contribution in [0.15, 0.2) is 36.5 Å². The van der Waals surface area contributed by atoms with Crippen LogP contribution in [0.4, 0.5) is 4.79 Å². The summed E-state index contributed by atoms with van der Waals surface area (Å²) in [6.07, 6.45) is 3.13. The summed E-state index contributed by atoms with van der Waals surface area (Å²) in [5.41, 5.74) is 9.11. The number of primary amides is 1. The van der Waals surface area contributed by atoms with Crippen LogP contribution in [0.3, 0.4) is 0 Å². The van der Waals surface area contributed by atoms with E-state index in [0.29, 0.717) is 11.8 Å². The number of nitrogens with two attached hydrogens (primary N) is 1. The molecule has 1 aliphatic carbocycles. The average molecular weight is 368 g/mol. The lowest BCUT2D eigenvalue weighted by Crippen LogP contribution is -2.34. The van der Waals surface area contributed by atoms with E-state index in [9.17, 15) is 4.79 Å². The first-order chi connectivity index (χ1) is 13.2. The highest BCUT2D eigenvalue weighted by Crippen LogP contribution is 2.47. The van der Waals surface area contributed by atoms with Crippen LogP contribution in [0.25, 0.3) is 0 Å². The monoisotopic (exact) mass is 368 g/mol. The predicted molar refractivity (Wildman–Crippen MR) is 99.1 cm³/mol. The van der Waals surface area contributed by atoms with Crippen molar-refractivity contribution in [3.8, 4) is 0 Å². The summed E-state index contributed by atoms with van der Waals surface area (Å²) in [6.45, 7) is 2.56. The van der Waals surface area contributed by atoms with E-state index in [2.05, 4.69) is 22.4 Å². The second-order valence-corrected chi connectivity index (χ2v) is 7.10. The Hall–Kier alpha value is -2.51. The van der Waals surface area contributed by atoms with E-state index in [-0.39, 0.29) is 12.7 Å². The van der Waals surface area contributed by atoms with Crippen molar-refractivity contribution in [1.82, 2.24) is 15.3 Å². The number of morpholine rings is 1. The topological polar surface area (TPSA) is 99.4 Å². The predicted octanol–water partition coefficient (Wildman–Crippen LogP) is 2.39. The molecular weight excluding hydrogens is 344 g/mol. The molecule has 1 atom stereocenters. The molecule has 2 aromatic heterocycles. The van der Waals surface area contributed by atoms with E-state index in [1.807, 2.05) is 18.2 Å². The number of carbonyl (C=O) groups is 1. The molecule has 0 bridgehead atoms. The highest BCUT2D eigenvalue weighted by molar-refractivity contribution is 5.64. The number of nitrogens with zero attached hydrogens (tertiary/aromatic N) is 2. The average Bonchev–Trinajstić information content (AvgIpc) is 2.67. The highest BCUT2D eigenvalue weighted by atomic mass is 16.5. The van der Waals surface area contributed by atoms with Crippen molar-refractivity contribution in [1.29, 1.82) is 0 Å². The van der Waals surface area contributed by atoms with Crippen molar-refractivity contribution < 1.29 is 14.3 Å². The maximum atomic E-state index is 10.8. The van der Waals surface area contributed by atoms with Gasteiger partial charge in [0.15, 0.2) is 0 Å². The molecule has 2 aliphatic rings. The zero-order chi connectivity index (χ0) is 18.6. The van der Waals surface area contributed by atoms with Crippen LogP contribution in [-0.4, -0.2) is 35.8 Å². The second kappa shape index (κ2) is 8.02. The SMILES string of the molecule is NC(=O)OCc1cc(C2CC(c3cccc(C4CNCCO4)n3)C2)ccn1. The van der Waals surface area contributed by atoms with Gasteiger partial charge in [-0.05, 0) is 48.6 Å². The number of rotatable bonds is 5. The van der Waals surface area contributed by atoms with Crippen molar-refractivity contribution in [2.45, 2.75) is 37.4 Å². The first-order valence-corrected chi connectivity index (χ1v) is 9.35. The third-order valence-electron chi connectivity index (χ3n) is 5.28. The molecular formula is C20H24N4O3. The van der Waals surface area contributed by atoms with E-state index < -0.39 is 6.09 Å². The Morgan fingerprint density at radius 3 is 2.89 bits per heavy atom. The molecule has 4 rings (SSSR count). The van der Waals surface area contributed by atoms with Gasteiger partial charge in [0.05, 0.1) is 18.0 Å². The zero-order valence-corrected chi connectivity index (χ0v) is 15.1. The van der Waals surface area contributed by atoms with Crippen LogP contribution < -0.4 is 11.1 Å². The molecule has 2 fully saturated rings. The van der Waals surface area contributed by atoms with E-state index >= 15 is 0 Å². The van der Waals surface area contributed by atoms with Gasteiger partial charge in [0.25, 0.3) is 0 Å². The normalized spacial score (nSPS) is 24.8. The zero-order valence-electron chi connectivity index (χ0n) is 15.1. The summed E-state index contributed by atoms with van der Waals surface area (Å²) in [5, 5.41) is 3.35. The summed E-state index contributed by atoms with van der Waals surface area (Å²) in [6, 6.07) is 10.3. The summed E-state index contributed by atoms with van der Waals surface area (Å²) < 4.78 is 10.6. The molecule has 2 aromatic rings. The maximum Gasteiger partial charge on any atom is 0.404 e. The number of hydrogen-bond donors (Lipinski definition) is 2. The molecule has 7 heteroatoms. The van der Waals surface area contributed by atoms with Gasteiger partial charge in [-0.25, -0.2) is 4.79 Å².